The molecule has 1 saturated heterocycles. The van der Waals surface area contributed by atoms with Gasteiger partial charge < -0.3 is 10.2 Å². The lowest BCUT2D eigenvalue weighted by Crippen LogP contribution is -2.44. The highest BCUT2D eigenvalue weighted by Gasteiger charge is 2.29. The molecule has 2 heterocycles. The van der Waals surface area contributed by atoms with E-state index in [9.17, 15) is 9.59 Å². The average Bonchev–Trinajstić information content (AvgIpc) is 2.73. The molecule has 1 atom stereocenters. The van der Waals surface area contributed by atoms with Crippen LogP contribution in [0.2, 0.25) is 0 Å². The Morgan fingerprint density at radius 3 is 2.95 bits per heavy atom. The van der Waals surface area contributed by atoms with Crippen LogP contribution in [-0.2, 0) is 16.1 Å². The lowest BCUT2D eigenvalue weighted by atomic mass is 10.1. The summed E-state index contributed by atoms with van der Waals surface area (Å²) < 4.78 is 0. The molecule has 5 nitrogen and oxygen atoms in total. The molecule has 0 aromatic carbocycles. The van der Waals surface area contributed by atoms with Gasteiger partial charge in [0.1, 0.15) is 11.0 Å². The van der Waals surface area contributed by atoms with E-state index in [0.29, 0.717) is 25.9 Å². The molecule has 1 aromatic rings. The SMILES string of the molecule is CCCC1NC(=O)CCN(Cc2nc(C)cs2)C1=O. The van der Waals surface area contributed by atoms with Crippen LogP contribution < -0.4 is 5.32 Å². The molecular weight excluding hydrogens is 262 g/mol. The maximum Gasteiger partial charge on any atom is 0.245 e. The molecule has 1 aliphatic rings. The van der Waals surface area contributed by atoms with Crippen molar-refractivity contribution in [3.05, 3.63) is 16.1 Å². The van der Waals surface area contributed by atoms with E-state index in [0.717, 1.165) is 17.1 Å². The molecule has 6 heteroatoms. The van der Waals surface area contributed by atoms with Crippen LogP contribution in [0.15, 0.2) is 5.38 Å². The molecule has 19 heavy (non-hydrogen) atoms. The second-order valence-electron chi connectivity index (χ2n) is 4.80. The summed E-state index contributed by atoms with van der Waals surface area (Å²) in [4.78, 5) is 30.1. The monoisotopic (exact) mass is 281 g/mol. The molecule has 1 aromatic heterocycles. The molecule has 0 radical (unpaired) electrons. The first-order chi connectivity index (χ1) is 9.10. The van der Waals surface area contributed by atoms with E-state index in [4.69, 9.17) is 0 Å². The summed E-state index contributed by atoms with van der Waals surface area (Å²) >= 11 is 1.56. The van der Waals surface area contributed by atoms with Gasteiger partial charge in [-0.2, -0.15) is 0 Å². The molecule has 1 aliphatic heterocycles. The number of carbonyl (C=O) groups is 2. The van der Waals surface area contributed by atoms with Crippen molar-refractivity contribution < 1.29 is 9.59 Å². The van der Waals surface area contributed by atoms with Crippen LogP contribution in [0, 0.1) is 6.92 Å². The Balaban J connectivity index is 2.09. The molecule has 1 fully saturated rings. The lowest BCUT2D eigenvalue weighted by molar-refractivity contribution is -0.134. The predicted octanol–water partition coefficient (Wildman–Crippen LogP) is 1.47. The van der Waals surface area contributed by atoms with E-state index >= 15 is 0 Å². The first-order valence-corrected chi connectivity index (χ1v) is 7.47. The van der Waals surface area contributed by atoms with Crippen LogP contribution in [0.3, 0.4) is 0 Å². The van der Waals surface area contributed by atoms with E-state index in [1.54, 1.807) is 16.2 Å². The third-order valence-electron chi connectivity index (χ3n) is 3.12. The molecule has 0 saturated carbocycles. The fraction of sp³-hybridized carbons (Fsp3) is 0.615. The van der Waals surface area contributed by atoms with Gasteiger partial charge in [0.05, 0.1) is 6.54 Å². The average molecular weight is 281 g/mol. The van der Waals surface area contributed by atoms with E-state index in [-0.39, 0.29) is 17.9 Å². The number of amides is 2. The minimum absolute atomic E-state index is 0.0144. The van der Waals surface area contributed by atoms with Crippen LogP contribution in [0.1, 0.15) is 36.9 Å². The third-order valence-corrected chi connectivity index (χ3v) is 4.08. The second kappa shape index (κ2) is 6.14. The van der Waals surface area contributed by atoms with E-state index < -0.39 is 0 Å². The Morgan fingerprint density at radius 1 is 1.53 bits per heavy atom. The second-order valence-corrected chi connectivity index (χ2v) is 5.74. The number of aromatic nitrogens is 1. The summed E-state index contributed by atoms with van der Waals surface area (Å²) in [6.45, 7) is 4.93. The quantitative estimate of drug-likeness (QED) is 0.909. The minimum Gasteiger partial charge on any atom is -0.344 e. The summed E-state index contributed by atoms with van der Waals surface area (Å²) in [5, 5.41) is 5.71. The predicted molar refractivity (Wildman–Crippen MR) is 73.7 cm³/mol. The number of aryl methyl sites for hydroxylation is 1. The lowest BCUT2D eigenvalue weighted by Gasteiger charge is -2.22. The summed E-state index contributed by atoms with van der Waals surface area (Å²) in [6.07, 6.45) is 1.94. The number of hydrogen-bond donors (Lipinski definition) is 1. The number of rotatable bonds is 4. The molecule has 0 spiro atoms. The number of nitrogens with zero attached hydrogens (tertiary/aromatic N) is 2. The molecular formula is C13H19N3O2S. The number of thiazole rings is 1. The number of hydrogen-bond acceptors (Lipinski definition) is 4. The highest BCUT2D eigenvalue weighted by molar-refractivity contribution is 7.09. The molecule has 1 unspecified atom stereocenters. The summed E-state index contributed by atoms with van der Waals surface area (Å²) in [6, 6.07) is -0.374. The summed E-state index contributed by atoms with van der Waals surface area (Å²) in [5.41, 5.74) is 0.974. The Labute approximate surface area is 117 Å². The van der Waals surface area contributed by atoms with Gasteiger partial charge in [0.25, 0.3) is 0 Å². The number of nitrogens with one attached hydrogen (secondary N) is 1. The van der Waals surface area contributed by atoms with Crippen LogP contribution in [-0.4, -0.2) is 34.3 Å². The van der Waals surface area contributed by atoms with Gasteiger partial charge in [-0.15, -0.1) is 11.3 Å². The normalized spacial score (nSPS) is 20.3. The topological polar surface area (TPSA) is 62.3 Å². The third kappa shape index (κ3) is 3.53. The molecule has 104 valence electrons. The van der Waals surface area contributed by atoms with Gasteiger partial charge in [-0.1, -0.05) is 13.3 Å². The van der Waals surface area contributed by atoms with E-state index in [1.807, 2.05) is 19.2 Å². The highest BCUT2D eigenvalue weighted by atomic mass is 32.1. The van der Waals surface area contributed by atoms with Crippen molar-refractivity contribution in [3.63, 3.8) is 0 Å². The Bertz CT molecular complexity index is 472. The van der Waals surface area contributed by atoms with Gasteiger partial charge in [0.2, 0.25) is 11.8 Å². The smallest absolute Gasteiger partial charge is 0.245 e. The number of carbonyl (C=O) groups excluding carboxylic acids is 2. The Kier molecular flexibility index (Phi) is 4.52. The Morgan fingerprint density at radius 2 is 2.32 bits per heavy atom. The van der Waals surface area contributed by atoms with Crippen molar-refractivity contribution in [2.75, 3.05) is 6.54 Å². The van der Waals surface area contributed by atoms with Gasteiger partial charge in [-0.25, -0.2) is 4.98 Å². The van der Waals surface area contributed by atoms with Gasteiger partial charge in [-0.3, -0.25) is 9.59 Å². The Hall–Kier alpha value is -1.43. The standard InChI is InChI=1S/C13H19N3O2S/c1-3-4-10-13(18)16(6-5-11(17)15-10)7-12-14-9(2)8-19-12/h8,10H,3-7H2,1-2H3,(H,15,17). The zero-order valence-electron chi connectivity index (χ0n) is 11.3. The zero-order chi connectivity index (χ0) is 13.8. The van der Waals surface area contributed by atoms with Gasteiger partial charge in [-0.05, 0) is 13.3 Å². The molecule has 2 rings (SSSR count). The fourth-order valence-electron chi connectivity index (χ4n) is 2.18. The first kappa shape index (κ1) is 14.0. The van der Waals surface area contributed by atoms with Crippen molar-refractivity contribution in [1.82, 2.24) is 15.2 Å². The molecule has 1 N–H and O–H groups in total. The summed E-state index contributed by atoms with van der Waals surface area (Å²) in [5.74, 6) is -0.0230. The first-order valence-electron chi connectivity index (χ1n) is 6.59. The molecule has 2 amide bonds. The van der Waals surface area contributed by atoms with Crippen molar-refractivity contribution >= 4 is 23.2 Å². The van der Waals surface area contributed by atoms with Gasteiger partial charge in [0.15, 0.2) is 0 Å². The van der Waals surface area contributed by atoms with Crippen molar-refractivity contribution in [2.24, 2.45) is 0 Å². The fourth-order valence-corrected chi connectivity index (χ4v) is 2.96. The van der Waals surface area contributed by atoms with E-state index in [2.05, 4.69) is 10.3 Å². The van der Waals surface area contributed by atoms with E-state index in [1.165, 1.54) is 0 Å². The van der Waals surface area contributed by atoms with Crippen LogP contribution in [0.4, 0.5) is 0 Å². The van der Waals surface area contributed by atoms with Crippen LogP contribution in [0.25, 0.3) is 0 Å². The minimum atomic E-state index is -0.374. The van der Waals surface area contributed by atoms with Gasteiger partial charge in [0, 0.05) is 24.0 Å². The maximum absolute atomic E-state index is 12.4. The highest BCUT2D eigenvalue weighted by Crippen LogP contribution is 2.15. The van der Waals surface area contributed by atoms with Crippen LogP contribution >= 0.6 is 11.3 Å². The zero-order valence-corrected chi connectivity index (χ0v) is 12.1. The molecule has 0 bridgehead atoms. The van der Waals surface area contributed by atoms with Crippen LogP contribution in [0.5, 0.6) is 0 Å². The van der Waals surface area contributed by atoms with Crippen molar-refractivity contribution in [2.45, 2.75) is 45.7 Å². The largest absolute Gasteiger partial charge is 0.344 e. The molecule has 0 aliphatic carbocycles. The van der Waals surface area contributed by atoms with Crippen molar-refractivity contribution in [1.29, 1.82) is 0 Å². The summed E-state index contributed by atoms with van der Waals surface area (Å²) in [7, 11) is 0. The van der Waals surface area contributed by atoms with Crippen molar-refractivity contribution in [3.8, 4) is 0 Å². The van der Waals surface area contributed by atoms with Gasteiger partial charge >= 0.3 is 0 Å². The maximum atomic E-state index is 12.4.